The van der Waals surface area contributed by atoms with Crippen LogP contribution in [0.25, 0.3) is 0 Å². The molecule has 1 aliphatic heterocycles. The summed E-state index contributed by atoms with van der Waals surface area (Å²) in [7, 11) is 0. The van der Waals surface area contributed by atoms with E-state index in [1.54, 1.807) is 0 Å². The molecular formula is C10H21NO. The third-order valence-corrected chi connectivity index (χ3v) is 3.10. The Bertz CT molecular complexity index is 128. The van der Waals surface area contributed by atoms with E-state index >= 15 is 0 Å². The number of hydrogen-bond donors (Lipinski definition) is 2. The van der Waals surface area contributed by atoms with Crippen LogP contribution in [-0.2, 0) is 0 Å². The van der Waals surface area contributed by atoms with Crippen molar-refractivity contribution >= 4 is 0 Å². The Kier molecular flexibility index (Phi) is 3.53. The first kappa shape index (κ1) is 10.0. The zero-order valence-corrected chi connectivity index (χ0v) is 8.38. The highest BCUT2D eigenvalue weighted by Gasteiger charge is 2.28. The van der Waals surface area contributed by atoms with Crippen LogP contribution in [0.4, 0.5) is 0 Å². The summed E-state index contributed by atoms with van der Waals surface area (Å²) in [4.78, 5) is 0. The number of rotatable bonds is 3. The lowest BCUT2D eigenvalue weighted by molar-refractivity contribution is 0.0617. The highest BCUT2D eigenvalue weighted by Crippen LogP contribution is 2.21. The Morgan fingerprint density at radius 3 is 2.42 bits per heavy atom. The minimum atomic E-state index is -0.160. The maximum absolute atomic E-state index is 9.93. The van der Waals surface area contributed by atoms with Gasteiger partial charge in [0.05, 0.1) is 6.10 Å². The lowest BCUT2D eigenvalue weighted by Gasteiger charge is -2.27. The summed E-state index contributed by atoms with van der Waals surface area (Å²) in [6.07, 6.45) is 2.19. The summed E-state index contributed by atoms with van der Waals surface area (Å²) in [6.45, 7) is 7.55. The van der Waals surface area contributed by atoms with Gasteiger partial charge in [-0.3, -0.25) is 0 Å². The van der Waals surface area contributed by atoms with Crippen molar-refractivity contribution in [1.82, 2.24) is 5.32 Å². The predicted molar refractivity (Wildman–Crippen MR) is 51.0 cm³/mol. The van der Waals surface area contributed by atoms with Crippen LogP contribution < -0.4 is 5.32 Å². The number of aliphatic hydroxyl groups is 1. The molecule has 3 unspecified atom stereocenters. The Morgan fingerprint density at radius 2 is 2.00 bits per heavy atom. The van der Waals surface area contributed by atoms with E-state index in [1.165, 1.54) is 6.42 Å². The van der Waals surface area contributed by atoms with Gasteiger partial charge in [-0.2, -0.15) is 0 Å². The predicted octanol–water partition coefficient (Wildman–Crippen LogP) is 1.39. The SMILES string of the molecule is CC(C)C(C)C(O)C1CCCN1. The lowest BCUT2D eigenvalue weighted by Crippen LogP contribution is -2.40. The van der Waals surface area contributed by atoms with E-state index in [2.05, 4.69) is 26.1 Å². The summed E-state index contributed by atoms with van der Waals surface area (Å²) in [5.74, 6) is 0.975. The molecule has 0 aromatic heterocycles. The third kappa shape index (κ3) is 2.20. The van der Waals surface area contributed by atoms with Crippen LogP contribution in [-0.4, -0.2) is 23.8 Å². The van der Waals surface area contributed by atoms with Crippen molar-refractivity contribution in [3.05, 3.63) is 0 Å². The molecular weight excluding hydrogens is 150 g/mol. The maximum Gasteiger partial charge on any atom is 0.0721 e. The smallest absolute Gasteiger partial charge is 0.0721 e. The van der Waals surface area contributed by atoms with Crippen LogP contribution in [0.5, 0.6) is 0 Å². The molecule has 0 aliphatic carbocycles. The van der Waals surface area contributed by atoms with Crippen molar-refractivity contribution in [3.8, 4) is 0 Å². The zero-order valence-electron chi connectivity index (χ0n) is 8.38. The minimum absolute atomic E-state index is 0.160. The van der Waals surface area contributed by atoms with E-state index in [-0.39, 0.29) is 6.10 Å². The number of hydrogen-bond acceptors (Lipinski definition) is 2. The van der Waals surface area contributed by atoms with Crippen molar-refractivity contribution in [1.29, 1.82) is 0 Å². The fraction of sp³-hybridized carbons (Fsp3) is 1.00. The van der Waals surface area contributed by atoms with Crippen LogP contribution in [0.2, 0.25) is 0 Å². The van der Waals surface area contributed by atoms with Gasteiger partial charge in [0.1, 0.15) is 0 Å². The standard InChI is InChI=1S/C10H21NO/c1-7(2)8(3)10(12)9-5-4-6-11-9/h7-12H,4-6H2,1-3H3. The van der Waals surface area contributed by atoms with E-state index < -0.39 is 0 Å². The van der Waals surface area contributed by atoms with E-state index in [4.69, 9.17) is 0 Å². The summed E-state index contributed by atoms with van der Waals surface area (Å²) in [6, 6.07) is 0.349. The maximum atomic E-state index is 9.93. The molecule has 0 amide bonds. The van der Waals surface area contributed by atoms with Gasteiger partial charge in [0.2, 0.25) is 0 Å². The second-order valence-corrected chi connectivity index (χ2v) is 4.30. The number of nitrogens with one attached hydrogen (secondary N) is 1. The first-order chi connectivity index (χ1) is 5.63. The molecule has 1 rings (SSSR count). The summed E-state index contributed by atoms with van der Waals surface area (Å²) >= 11 is 0. The van der Waals surface area contributed by atoms with E-state index in [0.717, 1.165) is 13.0 Å². The molecule has 3 atom stereocenters. The van der Waals surface area contributed by atoms with Crippen molar-refractivity contribution in [2.75, 3.05) is 6.54 Å². The average Bonchev–Trinajstić information content (AvgIpc) is 2.53. The van der Waals surface area contributed by atoms with Crippen LogP contribution >= 0.6 is 0 Å². The Balaban J connectivity index is 2.39. The Labute approximate surface area is 75.4 Å². The highest BCUT2D eigenvalue weighted by atomic mass is 16.3. The second-order valence-electron chi connectivity index (χ2n) is 4.30. The summed E-state index contributed by atoms with van der Waals surface area (Å²) in [5.41, 5.74) is 0. The molecule has 0 aromatic carbocycles. The first-order valence-electron chi connectivity index (χ1n) is 5.04. The highest BCUT2D eigenvalue weighted by molar-refractivity contribution is 4.84. The fourth-order valence-corrected chi connectivity index (χ4v) is 1.76. The number of aliphatic hydroxyl groups excluding tert-OH is 1. The first-order valence-corrected chi connectivity index (χ1v) is 5.04. The largest absolute Gasteiger partial charge is 0.391 e. The molecule has 1 heterocycles. The molecule has 0 aromatic rings. The van der Waals surface area contributed by atoms with Gasteiger partial charge in [-0.1, -0.05) is 20.8 Å². The van der Waals surface area contributed by atoms with Gasteiger partial charge in [-0.05, 0) is 31.2 Å². The van der Waals surface area contributed by atoms with Gasteiger partial charge in [-0.15, -0.1) is 0 Å². The van der Waals surface area contributed by atoms with Crippen molar-refractivity contribution < 1.29 is 5.11 Å². The molecule has 2 heteroatoms. The normalized spacial score (nSPS) is 29.2. The van der Waals surface area contributed by atoms with Crippen LogP contribution in [0.1, 0.15) is 33.6 Å². The van der Waals surface area contributed by atoms with E-state index in [9.17, 15) is 5.11 Å². The quantitative estimate of drug-likeness (QED) is 0.672. The molecule has 2 nitrogen and oxygen atoms in total. The van der Waals surface area contributed by atoms with Gasteiger partial charge in [0.25, 0.3) is 0 Å². The summed E-state index contributed by atoms with van der Waals surface area (Å²) in [5, 5.41) is 13.3. The van der Waals surface area contributed by atoms with Crippen molar-refractivity contribution in [2.45, 2.75) is 45.8 Å². The van der Waals surface area contributed by atoms with E-state index in [1.807, 2.05) is 0 Å². The van der Waals surface area contributed by atoms with Crippen LogP contribution in [0, 0.1) is 11.8 Å². The van der Waals surface area contributed by atoms with Crippen molar-refractivity contribution in [3.63, 3.8) is 0 Å². The second kappa shape index (κ2) is 4.24. The van der Waals surface area contributed by atoms with Gasteiger partial charge in [-0.25, -0.2) is 0 Å². The molecule has 1 saturated heterocycles. The van der Waals surface area contributed by atoms with Crippen LogP contribution in [0.15, 0.2) is 0 Å². The molecule has 1 aliphatic rings. The molecule has 0 bridgehead atoms. The molecule has 72 valence electrons. The lowest BCUT2D eigenvalue weighted by atomic mass is 9.88. The fourth-order valence-electron chi connectivity index (χ4n) is 1.76. The zero-order chi connectivity index (χ0) is 9.14. The van der Waals surface area contributed by atoms with Gasteiger partial charge >= 0.3 is 0 Å². The Hall–Kier alpha value is -0.0800. The molecule has 2 N–H and O–H groups in total. The van der Waals surface area contributed by atoms with Crippen molar-refractivity contribution in [2.24, 2.45) is 11.8 Å². The van der Waals surface area contributed by atoms with E-state index in [0.29, 0.717) is 17.9 Å². The Morgan fingerprint density at radius 1 is 1.33 bits per heavy atom. The minimum Gasteiger partial charge on any atom is -0.391 e. The van der Waals surface area contributed by atoms with Gasteiger partial charge in [0, 0.05) is 6.04 Å². The molecule has 1 fully saturated rings. The average molecular weight is 171 g/mol. The van der Waals surface area contributed by atoms with Crippen LogP contribution in [0.3, 0.4) is 0 Å². The summed E-state index contributed by atoms with van der Waals surface area (Å²) < 4.78 is 0. The molecule has 0 spiro atoms. The molecule has 0 radical (unpaired) electrons. The molecule has 0 saturated carbocycles. The van der Waals surface area contributed by atoms with Gasteiger partial charge in [0.15, 0.2) is 0 Å². The van der Waals surface area contributed by atoms with Gasteiger partial charge < -0.3 is 10.4 Å². The molecule has 12 heavy (non-hydrogen) atoms. The topological polar surface area (TPSA) is 32.3 Å². The monoisotopic (exact) mass is 171 g/mol. The third-order valence-electron chi connectivity index (χ3n) is 3.10.